The number of esters is 1. The Bertz CT molecular complexity index is 739. The third-order valence-electron chi connectivity index (χ3n) is 3.58. The zero-order valence-corrected chi connectivity index (χ0v) is 14.9. The summed E-state index contributed by atoms with van der Waals surface area (Å²) >= 11 is 0. The van der Waals surface area contributed by atoms with E-state index in [0.29, 0.717) is 23.9 Å². The second-order valence-electron chi connectivity index (χ2n) is 5.12. The molecule has 0 heterocycles. The van der Waals surface area contributed by atoms with Crippen molar-refractivity contribution in [2.45, 2.75) is 6.92 Å². The lowest BCUT2D eigenvalue weighted by molar-refractivity contribution is -0.137. The van der Waals surface area contributed by atoms with Crippen LogP contribution in [0.1, 0.15) is 12.5 Å². The predicted molar refractivity (Wildman–Crippen MR) is 97.2 cm³/mol. The Balaban J connectivity index is 2.39. The van der Waals surface area contributed by atoms with Gasteiger partial charge in [0, 0.05) is 6.08 Å². The van der Waals surface area contributed by atoms with E-state index < -0.39 is 0 Å². The molecule has 0 aromatic heterocycles. The summed E-state index contributed by atoms with van der Waals surface area (Å²) in [7, 11) is 4.74. The first kappa shape index (κ1) is 18.4. The molecule has 0 aliphatic heterocycles. The van der Waals surface area contributed by atoms with Gasteiger partial charge < -0.3 is 18.9 Å². The summed E-state index contributed by atoms with van der Waals surface area (Å²) in [6, 6.07) is 11.5. The van der Waals surface area contributed by atoms with Gasteiger partial charge in [0.2, 0.25) is 5.75 Å². The van der Waals surface area contributed by atoms with Gasteiger partial charge in [-0.15, -0.1) is 0 Å². The van der Waals surface area contributed by atoms with E-state index in [0.717, 1.165) is 16.7 Å². The van der Waals surface area contributed by atoms with Crippen LogP contribution >= 0.6 is 0 Å². The number of hydrogen-bond acceptors (Lipinski definition) is 5. The lowest BCUT2D eigenvalue weighted by Crippen LogP contribution is -1.98. The van der Waals surface area contributed by atoms with Crippen molar-refractivity contribution in [3.63, 3.8) is 0 Å². The lowest BCUT2D eigenvalue weighted by atomic mass is 10.0. The van der Waals surface area contributed by atoms with Gasteiger partial charge in [0.05, 0.1) is 27.9 Å². The quantitative estimate of drug-likeness (QED) is 0.563. The Hall–Kier alpha value is -2.95. The molecule has 0 bridgehead atoms. The van der Waals surface area contributed by atoms with Gasteiger partial charge in [-0.1, -0.05) is 18.2 Å². The highest BCUT2D eigenvalue weighted by Gasteiger charge is 2.14. The number of ether oxygens (including phenoxy) is 4. The Labute approximate surface area is 147 Å². The Morgan fingerprint density at radius 3 is 2.20 bits per heavy atom. The average Bonchev–Trinajstić information content (AvgIpc) is 2.65. The largest absolute Gasteiger partial charge is 0.493 e. The number of carbonyl (C=O) groups is 1. The molecular weight excluding hydrogens is 320 g/mol. The van der Waals surface area contributed by atoms with Gasteiger partial charge in [0.15, 0.2) is 11.5 Å². The van der Waals surface area contributed by atoms with Gasteiger partial charge in [-0.05, 0) is 47.9 Å². The highest BCUT2D eigenvalue weighted by Crippen LogP contribution is 2.41. The molecule has 0 fully saturated rings. The summed E-state index contributed by atoms with van der Waals surface area (Å²) in [5, 5.41) is 0. The molecule has 0 atom stereocenters. The van der Waals surface area contributed by atoms with E-state index in [4.69, 9.17) is 18.9 Å². The molecule has 0 spiro atoms. The molecule has 25 heavy (non-hydrogen) atoms. The number of methoxy groups -OCH3 is 3. The molecule has 0 aliphatic carbocycles. The van der Waals surface area contributed by atoms with Gasteiger partial charge >= 0.3 is 5.97 Å². The van der Waals surface area contributed by atoms with Gasteiger partial charge in [-0.2, -0.15) is 0 Å². The number of carbonyl (C=O) groups excluding carboxylic acids is 1. The minimum Gasteiger partial charge on any atom is -0.493 e. The van der Waals surface area contributed by atoms with Crippen LogP contribution in [0.3, 0.4) is 0 Å². The average molecular weight is 342 g/mol. The van der Waals surface area contributed by atoms with Crippen molar-refractivity contribution >= 4 is 12.0 Å². The van der Waals surface area contributed by atoms with Gasteiger partial charge in [-0.25, -0.2) is 4.79 Å². The normalized spacial score (nSPS) is 10.6. The fourth-order valence-corrected chi connectivity index (χ4v) is 2.42. The first-order valence-corrected chi connectivity index (χ1v) is 7.88. The summed E-state index contributed by atoms with van der Waals surface area (Å²) in [6.07, 6.45) is 3.14. The van der Waals surface area contributed by atoms with Crippen LogP contribution in [0.25, 0.3) is 17.2 Å². The van der Waals surface area contributed by atoms with Gasteiger partial charge in [0.25, 0.3) is 0 Å². The lowest BCUT2D eigenvalue weighted by Gasteiger charge is -2.14. The number of benzene rings is 2. The molecule has 0 aliphatic rings. The monoisotopic (exact) mass is 342 g/mol. The molecule has 5 nitrogen and oxygen atoms in total. The van der Waals surface area contributed by atoms with Gasteiger partial charge in [0.1, 0.15) is 0 Å². The summed E-state index contributed by atoms with van der Waals surface area (Å²) < 4.78 is 21.0. The maximum Gasteiger partial charge on any atom is 0.330 e. The van der Waals surface area contributed by atoms with E-state index >= 15 is 0 Å². The van der Waals surface area contributed by atoms with Crippen molar-refractivity contribution in [1.29, 1.82) is 0 Å². The number of rotatable bonds is 7. The first-order valence-electron chi connectivity index (χ1n) is 7.88. The van der Waals surface area contributed by atoms with Crippen LogP contribution in [0, 0.1) is 0 Å². The van der Waals surface area contributed by atoms with E-state index in [1.54, 1.807) is 34.3 Å². The summed E-state index contributed by atoms with van der Waals surface area (Å²) in [5.41, 5.74) is 2.77. The second kappa shape index (κ2) is 8.78. The standard InChI is InChI=1S/C20H22O5/c1-5-25-19(21)10-9-14-7-6-8-15(11-14)16-12-17(22-2)20(24-4)18(13-16)23-3/h6-13H,5H2,1-4H3/b10-9+. The fourth-order valence-electron chi connectivity index (χ4n) is 2.42. The van der Waals surface area contributed by atoms with Crippen LogP contribution < -0.4 is 14.2 Å². The van der Waals surface area contributed by atoms with E-state index in [1.165, 1.54) is 6.08 Å². The Morgan fingerprint density at radius 2 is 1.64 bits per heavy atom. The van der Waals surface area contributed by atoms with Crippen molar-refractivity contribution in [2.75, 3.05) is 27.9 Å². The van der Waals surface area contributed by atoms with Crippen molar-refractivity contribution in [2.24, 2.45) is 0 Å². The predicted octanol–water partition coefficient (Wildman–Crippen LogP) is 3.96. The summed E-state index contributed by atoms with van der Waals surface area (Å²) in [4.78, 5) is 11.5. The van der Waals surface area contributed by atoms with Crippen LogP contribution in [0.5, 0.6) is 17.2 Å². The van der Waals surface area contributed by atoms with Crippen LogP contribution in [0.15, 0.2) is 42.5 Å². The van der Waals surface area contributed by atoms with Crippen LogP contribution in [-0.2, 0) is 9.53 Å². The zero-order chi connectivity index (χ0) is 18.2. The molecule has 0 N–H and O–H groups in total. The second-order valence-corrected chi connectivity index (χ2v) is 5.12. The fraction of sp³-hybridized carbons (Fsp3) is 0.250. The molecule has 0 radical (unpaired) electrons. The smallest absolute Gasteiger partial charge is 0.330 e. The molecular formula is C20H22O5. The molecule has 2 aromatic rings. The van der Waals surface area contributed by atoms with Crippen LogP contribution in [-0.4, -0.2) is 33.9 Å². The third-order valence-corrected chi connectivity index (χ3v) is 3.58. The van der Waals surface area contributed by atoms with Crippen molar-refractivity contribution in [1.82, 2.24) is 0 Å². The van der Waals surface area contributed by atoms with Crippen LogP contribution in [0.4, 0.5) is 0 Å². The Kier molecular flexibility index (Phi) is 6.46. The number of hydrogen-bond donors (Lipinski definition) is 0. The van der Waals surface area contributed by atoms with Crippen LogP contribution in [0.2, 0.25) is 0 Å². The molecule has 5 heteroatoms. The van der Waals surface area contributed by atoms with E-state index in [-0.39, 0.29) is 5.97 Å². The van der Waals surface area contributed by atoms with Gasteiger partial charge in [-0.3, -0.25) is 0 Å². The molecule has 0 amide bonds. The van der Waals surface area contributed by atoms with Crippen molar-refractivity contribution in [3.8, 4) is 28.4 Å². The maximum atomic E-state index is 11.5. The molecule has 2 aromatic carbocycles. The Morgan fingerprint density at radius 1 is 0.960 bits per heavy atom. The summed E-state index contributed by atoms with van der Waals surface area (Å²) in [5.74, 6) is 1.36. The maximum absolute atomic E-state index is 11.5. The third kappa shape index (κ3) is 4.53. The minimum absolute atomic E-state index is 0.356. The SMILES string of the molecule is CCOC(=O)/C=C/c1cccc(-c2cc(OC)c(OC)c(OC)c2)c1. The molecule has 0 saturated heterocycles. The first-order chi connectivity index (χ1) is 12.1. The summed E-state index contributed by atoms with van der Waals surface area (Å²) in [6.45, 7) is 2.13. The minimum atomic E-state index is -0.360. The molecule has 0 saturated carbocycles. The van der Waals surface area contributed by atoms with Crippen molar-refractivity contribution < 1.29 is 23.7 Å². The highest BCUT2D eigenvalue weighted by atomic mass is 16.5. The van der Waals surface area contributed by atoms with E-state index in [2.05, 4.69) is 0 Å². The van der Waals surface area contributed by atoms with E-state index in [9.17, 15) is 4.79 Å². The molecule has 2 rings (SSSR count). The highest BCUT2D eigenvalue weighted by molar-refractivity contribution is 5.87. The molecule has 132 valence electrons. The van der Waals surface area contributed by atoms with Crippen molar-refractivity contribution in [3.05, 3.63) is 48.0 Å². The van der Waals surface area contributed by atoms with E-state index in [1.807, 2.05) is 36.4 Å². The topological polar surface area (TPSA) is 54.0 Å². The zero-order valence-electron chi connectivity index (χ0n) is 14.9. The molecule has 0 unspecified atom stereocenters.